The van der Waals surface area contributed by atoms with Gasteiger partial charge in [-0.15, -0.1) is 11.3 Å². The van der Waals surface area contributed by atoms with Crippen LogP contribution in [0.15, 0.2) is 78.4 Å². The van der Waals surface area contributed by atoms with Gasteiger partial charge in [0.15, 0.2) is 0 Å². The van der Waals surface area contributed by atoms with Crippen molar-refractivity contribution in [3.8, 4) is 29.0 Å². The fourth-order valence-electron chi connectivity index (χ4n) is 5.32. The topological polar surface area (TPSA) is 99.4 Å². The largest absolute Gasteiger partial charge is 0.478 e. The van der Waals surface area contributed by atoms with Gasteiger partial charge in [0.1, 0.15) is 29.9 Å². The lowest BCUT2D eigenvalue weighted by Gasteiger charge is -2.27. The third-order valence-corrected chi connectivity index (χ3v) is 8.62. The number of rotatable bonds is 9. The van der Waals surface area contributed by atoms with Gasteiger partial charge < -0.3 is 19.1 Å². The Bertz CT molecular complexity index is 2220. The van der Waals surface area contributed by atoms with Gasteiger partial charge in [-0.05, 0) is 66.4 Å². The van der Waals surface area contributed by atoms with E-state index in [-0.39, 0.29) is 53.0 Å². The quantitative estimate of drug-likeness (QED) is 0.166. The number of imidazole rings is 1. The minimum absolute atomic E-state index is 0.0371. The van der Waals surface area contributed by atoms with Crippen LogP contribution in [0.5, 0.6) is 5.88 Å². The van der Waals surface area contributed by atoms with Crippen LogP contribution in [0.2, 0.25) is 0 Å². The van der Waals surface area contributed by atoms with Gasteiger partial charge in [0.25, 0.3) is 0 Å². The van der Waals surface area contributed by atoms with E-state index in [2.05, 4.69) is 26.8 Å². The first kappa shape index (κ1) is 31.1. The summed E-state index contributed by atoms with van der Waals surface area (Å²) in [6.07, 6.45) is 2.35. The van der Waals surface area contributed by atoms with Crippen LogP contribution >= 0.6 is 11.3 Å². The van der Waals surface area contributed by atoms with Crippen molar-refractivity contribution in [3.63, 3.8) is 0 Å². The number of aromatic carboxylic acids is 1. The average Bonchev–Trinajstić information content (AvgIpc) is 3.70. The van der Waals surface area contributed by atoms with Crippen LogP contribution in [-0.2, 0) is 24.3 Å². The summed E-state index contributed by atoms with van der Waals surface area (Å²) in [6, 6.07) is 16.0. The van der Waals surface area contributed by atoms with E-state index in [0.717, 1.165) is 23.4 Å². The molecule has 1 aliphatic rings. The highest BCUT2D eigenvalue weighted by Crippen LogP contribution is 2.29. The predicted molar refractivity (Wildman–Crippen MR) is 172 cm³/mol. The number of hydrogen-bond acceptors (Lipinski definition) is 7. The maximum absolute atomic E-state index is 15.6. The molecule has 1 saturated heterocycles. The lowest BCUT2D eigenvalue weighted by molar-refractivity contribution is -0.0589. The Hall–Kier alpha value is -5.51. The van der Waals surface area contributed by atoms with Gasteiger partial charge in [0, 0.05) is 35.8 Å². The Labute approximate surface area is 276 Å². The molecule has 0 saturated carbocycles. The summed E-state index contributed by atoms with van der Waals surface area (Å²) in [7, 11) is 0. The second-order valence-electron chi connectivity index (χ2n) is 11.1. The highest BCUT2D eigenvalue weighted by Gasteiger charge is 2.24. The van der Waals surface area contributed by atoms with E-state index >= 15 is 8.78 Å². The first-order valence-corrected chi connectivity index (χ1v) is 15.8. The molecule has 0 unspecified atom stereocenters. The number of pyridine rings is 1. The second kappa shape index (κ2) is 13.3. The molecule has 4 heterocycles. The molecule has 3 aromatic carbocycles. The number of benzene rings is 3. The fraction of sp³-hybridized carbons (Fsp3) is 0.167. The van der Waals surface area contributed by atoms with Crippen LogP contribution in [-0.4, -0.2) is 43.3 Å². The lowest BCUT2D eigenvalue weighted by Crippen LogP contribution is -2.31. The van der Waals surface area contributed by atoms with Crippen LogP contribution in [0.25, 0.3) is 22.3 Å². The molecule has 1 fully saturated rings. The number of aromatic nitrogens is 4. The van der Waals surface area contributed by atoms with Gasteiger partial charge in [-0.25, -0.2) is 27.9 Å². The van der Waals surface area contributed by atoms with Crippen molar-refractivity contribution in [2.45, 2.75) is 32.1 Å². The number of carboxylic acid groups (broad SMARTS) is 1. The van der Waals surface area contributed by atoms with Crippen molar-refractivity contribution in [2.24, 2.45) is 0 Å². The average molecular weight is 667 g/mol. The molecule has 0 spiro atoms. The van der Waals surface area contributed by atoms with E-state index in [0.29, 0.717) is 35.6 Å². The summed E-state index contributed by atoms with van der Waals surface area (Å²) in [4.78, 5) is 25.3. The van der Waals surface area contributed by atoms with E-state index in [9.17, 15) is 14.3 Å². The Morgan fingerprint density at radius 1 is 1.00 bits per heavy atom. The molecule has 6 aromatic rings. The summed E-state index contributed by atoms with van der Waals surface area (Å²) in [5, 5.41) is 9.49. The van der Waals surface area contributed by atoms with Gasteiger partial charge in [-0.2, -0.15) is 0 Å². The first-order chi connectivity index (χ1) is 23.3. The number of thiazole rings is 1. The van der Waals surface area contributed by atoms with Crippen LogP contribution in [0.4, 0.5) is 13.2 Å². The zero-order valence-electron chi connectivity index (χ0n) is 25.1. The van der Waals surface area contributed by atoms with E-state index in [4.69, 9.17) is 9.47 Å². The van der Waals surface area contributed by atoms with E-state index in [1.54, 1.807) is 42.0 Å². The van der Waals surface area contributed by atoms with Crippen molar-refractivity contribution >= 4 is 28.3 Å². The van der Waals surface area contributed by atoms with Crippen molar-refractivity contribution < 1.29 is 32.5 Å². The molecule has 0 aliphatic carbocycles. The second-order valence-corrected chi connectivity index (χ2v) is 12.0. The normalized spacial score (nSPS) is 13.9. The predicted octanol–water partition coefficient (Wildman–Crippen LogP) is 7.03. The molecule has 8 nitrogen and oxygen atoms in total. The number of fused-ring (bicyclic) bond motifs is 1. The highest BCUT2D eigenvalue weighted by atomic mass is 32.1. The van der Waals surface area contributed by atoms with Gasteiger partial charge in [-0.3, -0.25) is 4.98 Å². The molecule has 48 heavy (non-hydrogen) atoms. The van der Waals surface area contributed by atoms with Crippen LogP contribution in [0, 0.1) is 29.3 Å². The van der Waals surface area contributed by atoms with Crippen LogP contribution < -0.4 is 4.74 Å². The molecule has 1 atom stereocenters. The zero-order valence-corrected chi connectivity index (χ0v) is 25.9. The van der Waals surface area contributed by atoms with Gasteiger partial charge in [0.05, 0.1) is 51.5 Å². The Balaban J connectivity index is 1.09. The smallest absolute Gasteiger partial charge is 0.335 e. The lowest BCUT2D eigenvalue weighted by atomic mass is 10.0. The number of carbonyl (C=O) groups is 1. The van der Waals surface area contributed by atoms with Crippen LogP contribution in [0.1, 0.15) is 44.2 Å². The van der Waals surface area contributed by atoms with E-state index in [1.165, 1.54) is 35.6 Å². The minimum Gasteiger partial charge on any atom is -0.478 e. The Morgan fingerprint density at radius 3 is 2.60 bits per heavy atom. The van der Waals surface area contributed by atoms with E-state index < -0.39 is 23.4 Å². The third kappa shape index (κ3) is 6.64. The maximum Gasteiger partial charge on any atom is 0.335 e. The summed E-state index contributed by atoms with van der Waals surface area (Å²) >= 11 is 1.39. The molecule has 0 radical (unpaired) electrons. The molecule has 1 aliphatic heterocycles. The molecule has 1 N–H and O–H groups in total. The number of halogens is 3. The summed E-state index contributed by atoms with van der Waals surface area (Å²) in [5.74, 6) is 3.46. The monoisotopic (exact) mass is 666 g/mol. The molecular formula is C36H25F3N4O4S. The Morgan fingerprint density at radius 2 is 1.85 bits per heavy atom. The molecule has 7 rings (SSSR count). The van der Waals surface area contributed by atoms with Gasteiger partial charge >= 0.3 is 5.97 Å². The van der Waals surface area contributed by atoms with Crippen molar-refractivity contribution in [2.75, 3.05) is 6.61 Å². The molecule has 0 bridgehead atoms. The Kier molecular flexibility index (Phi) is 8.63. The number of nitrogens with zero attached hydrogens (tertiary/aromatic N) is 4. The van der Waals surface area contributed by atoms with Crippen molar-refractivity contribution in [1.29, 1.82) is 0 Å². The number of ether oxygens (including phenoxy) is 2. The van der Waals surface area contributed by atoms with Crippen molar-refractivity contribution in [1.82, 2.24) is 19.5 Å². The van der Waals surface area contributed by atoms with E-state index in [1.807, 2.05) is 4.57 Å². The molecule has 12 heteroatoms. The molecule has 240 valence electrons. The molecule has 0 amide bonds. The number of hydrogen-bond donors (Lipinski definition) is 1. The van der Waals surface area contributed by atoms with Crippen molar-refractivity contribution in [3.05, 3.63) is 129 Å². The SMILES string of the molecule is O=C(O)c1ccc2nc(Cc3cc(F)c(-c4cccc(OCc5ccc(C#Cc6cncs6)cc5F)n4)cc3F)n(C[C@@H]3CCO3)c2c1. The molecular weight excluding hydrogens is 641 g/mol. The highest BCUT2D eigenvalue weighted by molar-refractivity contribution is 7.10. The fourth-order valence-corrected chi connectivity index (χ4v) is 5.78. The van der Waals surface area contributed by atoms with Gasteiger partial charge in [0.2, 0.25) is 5.88 Å². The van der Waals surface area contributed by atoms with Gasteiger partial charge in [-0.1, -0.05) is 18.1 Å². The maximum atomic E-state index is 15.6. The summed E-state index contributed by atoms with van der Waals surface area (Å²) in [5.41, 5.74) is 3.82. The first-order valence-electron chi connectivity index (χ1n) is 14.9. The number of carboxylic acids is 1. The standard InChI is InChI=1S/C36H25F3N4O4S/c37-28-12-21(5-8-26-17-40-20-48-26)4-6-23(28)19-47-35-3-1-2-31(42-35)27-16-29(38)24(13-30(27)39)15-34-41-32-9-7-22(36(44)45)14-33(32)43(34)18-25-10-11-46-25/h1-4,6-7,9,12-14,16-17,20,25H,10-11,15,18-19H2,(H,44,45)/t25-/m0/s1. The summed E-state index contributed by atoms with van der Waals surface area (Å²) in [6.45, 7) is 0.897. The minimum atomic E-state index is -1.08. The molecule has 3 aromatic heterocycles. The third-order valence-electron chi connectivity index (χ3n) is 7.93. The zero-order chi connectivity index (χ0) is 33.2. The van der Waals surface area contributed by atoms with Crippen LogP contribution in [0.3, 0.4) is 0 Å². The summed E-state index contributed by atoms with van der Waals surface area (Å²) < 4.78 is 59.0.